The minimum absolute atomic E-state index is 0.0722. The summed E-state index contributed by atoms with van der Waals surface area (Å²) in [5.74, 6) is 0. The molecular weight excluding hydrogens is 361 g/mol. The second kappa shape index (κ2) is 6.57. The van der Waals surface area contributed by atoms with Crippen LogP contribution in [0.4, 0.5) is 0 Å². The van der Waals surface area contributed by atoms with Crippen molar-refractivity contribution in [3.05, 3.63) is 26.7 Å². The van der Waals surface area contributed by atoms with Gasteiger partial charge in [0, 0.05) is 10.5 Å². The molecule has 0 saturated carbocycles. The highest BCUT2D eigenvalue weighted by Gasteiger charge is 2.23. The van der Waals surface area contributed by atoms with E-state index in [1.807, 2.05) is 13.8 Å². The summed E-state index contributed by atoms with van der Waals surface area (Å²) in [6, 6.07) is 2.86. The second-order valence-electron chi connectivity index (χ2n) is 4.01. The van der Waals surface area contributed by atoms with E-state index in [9.17, 15) is 8.42 Å². The van der Waals surface area contributed by atoms with Crippen molar-refractivity contribution < 1.29 is 8.42 Å². The molecule has 0 aliphatic rings. The molecule has 0 amide bonds. The van der Waals surface area contributed by atoms with Crippen molar-refractivity contribution >= 4 is 49.2 Å². The summed E-state index contributed by atoms with van der Waals surface area (Å²) < 4.78 is 27.5. The first kappa shape index (κ1) is 16.2. The summed E-state index contributed by atoms with van der Waals surface area (Å²) in [6.07, 6.45) is 1.65. The van der Waals surface area contributed by atoms with E-state index in [1.54, 1.807) is 0 Å². The third kappa shape index (κ3) is 4.10. The lowest BCUT2D eigenvalue weighted by Gasteiger charge is -2.15. The number of rotatable bonds is 5. The van der Waals surface area contributed by atoms with Crippen LogP contribution in [0.15, 0.2) is 21.5 Å². The highest BCUT2D eigenvalue weighted by Crippen LogP contribution is 2.32. The first-order chi connectivity index (χ1) is 8.27. The Morgan fingerprint density at radius 3 is 2.28 bits per heavy atom. The summed E-state index contributed by atoms with van der Waals surface area (Å²) in [4.78, 5) is -0.0722. The number of halogens is 3. The second-order valence-corrected chi connectivity index (χ2v) is 7.39. The molecular formula is C11H14BrCl2NO2S. The van der Waals surface area contributed by atoms with Gasteiger partial charge in [0.2, 0.25) is 10.0 Å². The van der Waals surface area contributed by atoms with E-state index in [1.165, 1.54) is 12.1 Å². The van der Waals surface area contributed by atoms with Crippen LogP contribution in [0, 0.1) is 0 Å². The van der Waals surface area contributed by atoms with Crippen molar-refractivity contribution in [1.82, 2.24) is 4.72 Å². The molecule has 0 aliphatic heterocycles. The number of hydrogen-bond acceptors (Lipinski definition) is 2. The Morgan fingerprint density at radius 2 is 1.83 bits per heavy atom. The number of sulfonamides is 1. The molecule has 1 unspecified atom stereocenters. The standard InChI is InChI=1S/C11H14BrCl2NO2S/c1-3-4-7(2)15-18(16,17)11-9(13)5-8(12)6-10(11)14/h5-7,15H,3-4H2,1-2H3. The van der Waals surface area contributed by atoms with Gasteiger partial charge in [-0.3, -0.25) is 0 Å². The zero-order valence-electron chi connectivity index (χ0n) is 10.0. The lowest BCUT2D eigenvalue weighted by atomic mass is 10.2. The molecule has 3 nitrogen and oxygen atoms in total. The molecule has 0 bridgehead atoms. The Labute approximate surface area is 126 Å². The van der Waals surface area contributed by atoms with E-state index < -0.39 is 10.0 Å². The number of hydrogen-bond donors (Lipinski definition) is 1. The van der Waals surface area contributed by atoms with Crippen LogP contribution in [0.25, 0.3) is 0 Å². The fourth-order valence-corrected chi connectivity index (χ4v) is 4.82. The average molecular weight is 375 g/mol. The summed E-state index contributed by atoms with van der Waals surface area (Å²) in [5, 5.41) is 0.205. The number of benzene rings is 1. The molecule has 0 heterocycles. The molecule has 1 N–H and O–H groups in total. The molecule has 0 saturated heterocycles. The van der Waals surface area contributed by atoms with Gasteiger partial charge in [0.1, 0.15) is 4.90 Å². The first-order valence-corrected chi connectivity index (χ1v) is 8.48. The van der Waals surface area contributed by atoms with Crippen molar-refractivity contribution in [2.75, 3.05) is 0 Å². The Morgan fingerprint density at radius 1 is 1.33 bits per heavy atom. The SMILES string of the molecule is CCCC(C)NS(=O)(=O)c1c(Cl)cc(Br)cc1Cl. The van der Waals surface area contributed by atoms with E-state index in [-0.39, 0.29) is 21.0 Å². The van der Waals surface area contributed by atoms with Gasteiger partial charge in [0.15, 0.2) is 0 Å². The lowest BCUT2D eigenvalue weighted by Crippen LogP contribution is -2.32. The van der Waals surface area contributed by atoms with E-state index in [0.29, 0.717) is 4.47 Å². The Bertz CT molecular complexity index is 511. The summed E-state index contributed by atoms with van der Waals surface area (Å²) in [6.45, 7) is 3.80. The molecule has 0 spiro atoms. The van der Waals surface area contributed by atoms with Gasteiger partial charge in [-0.15, -0.1) is 0 Å². The maximum Gasteiger partial charge on any atom is 0.243 e. The van der Waals surface area contributed by atoms with Gasteiger partial charge >= 0.3 is 0 Å². The van der Waals surface area contributed by atoms with Crippen molar-refractivity contribution in [2.45, 2.75) is 37.6 Å². The van der Waals surface area contributed by atoms with Gasteiger partial charge in [-0.1, -0.05) is 52.5 Å². The van der Waals surface area contributed by atoms with Crippen LogP contribution in [-0.2, 0) is 10.0 Å². The van der Waals surface area contributed by atoms with Gasteiger partial charge < -0.3 is 0 Å². The minimum atomic E-state index is -3.69. The molecule has 1 aromatic carbocycles. The van der Waals surface area contributed by atoms with E-state index >= 15 is 0 Å². The average Bonchev–Trinajstić information content (AvgIpc) is 2.13. The third-order valence-electron chi connectivity index (χ3n) is 2.31. The molecule has 7 heteroatoms. The molecule has 1 aromatic rings. The van der Waals surface area contributed by atoms with Crippen molar-refractivity contribution in [3.8, 4) is 0 Å². The quantitative estimate of drug-likeness (QED) is 0.838. The van der Waals surface area contributed by atoms with Gasteiger partial charge in [-0.05, 0) is 25.5 Å². The smallest absolute Gasteiger partial charge is 0.208 e. The Balaban J connectivity index is 3.13. The first-order valence-electron chi connectivity index (χ1n) is 5.44. The fraction of sp³-hybridized carbons (Fsp3) is 0.455. The largest absolute Gasteiger partial charge is 0.243 e. The van der Waals surface area contributed by atoms with Crippen molar-refractivity contribution in [2.24, 2.45) is 0 Å². The molecule has 1 rings (SSSR count). The Hall–Kier alpha value is 0.190. The number of nitrogens with one attached hydrogen (secondary N) is 1. The molecule has 0 aromatic heterocycles. The predicted octanol–water partition coefficient (Wildman–Crippen LogP) is 4.22. The van der Waals surface area contributed by atoms with Gasteiger partial charge in [-0.2, -0.15) is 0 Å². The highest BCUT2D eigenvalue weighted by atomic mass is 79.9. The minimum Gasteiger partial charge on any atom is -0.208 e. The van der Waals surface area contributed by atoms with Crippen molar-refractivity contribution in [3.63, 3.8) is 0 Å². The van der Waals surface area contributed by atoms with Crippen LogP contribution >= 0.6 is 39.1 Å². The van der Waals surface area contributed by atoms with Gasteiger partial charge in [-0.25, -0.2) is 13.1 Å². The van der Waals surface area contributed by atoms with E-state index in [0.717, 1.165) is 12.8 Å². The van der Waals surface area contributed by atoms with Crippen LogP contribution in [-0.4, -0.2) is 14.5 Å². The topological polar surface area (TPSA) is 46.2 Å². The van der Waals surface area contributed by atoms with E-state index in [2.05, 4.69) is 20.7 Å². The summed E-state index contributed by atoms with van der Waals surface area (Å²) in [7, 11) is -3.69. The fourth-order valence-electron chi connectivity index (χ4n) is 1.60. The van der Waals surface area contributed by atoms with Crippen LogP contribution < -0.4 is 4.72 Å². The zero-order valence-corrected chi connectivity index (χ0v) is 13.9. The molecule has 102 valence electrons. The molecule has 0 radical (unpaired) electrons. The predicted molar refractivity (Wildman–Crippen MR) is 78.9 cm³/mol. The Kier molecular flexibility index (Phi) is 5.93. The monoisotopic (exact) mass is 373 g/mol. The highest BCUT2D eigenvalue weighted by molar-refractivity contribution is 9.10. The third-order valence-corrected chi connectivity index (χ3v) is 5.28. The molecule has 0 aliphatic carbocycles. The summed E-state index contributed by atoms with van der Waals surface area (Å²) in [5.41, 5.74) is 0. The van der Waals surface area contributed by atoms with Crippen LogP contribution in [0.3, 0.4) is 0 Å². The van der Waals surface area contributed by atoms with Gasteiger partial charge in [0.25, 0.3) is 0 Å². The van der Waals surface area contributed by atoms with E-state index in [4.69, 9.17) is 23.2 Å². The maximum atomic E-state index is 12.2. The molecule has 1 atom stereocenters. The normalized spacial score (nSPS) is 13.6. The van der Waals surface area contributed by atoms with Crippen LogP contribution in [0.2, 0.25) is 10.0 Å². The van der Waals surface area contributed by atoms with Crippen LogP contribution in [0.1, 0.15) is 26.7 Å². The van der Waals surface area contributed by atoms with Crippen LogP contribution in [0.5, 0.6) is 0 Å². The molecule has 18 heavy (non-hydrogen) atoms. The van der Waals surface area contributed by atoms with Crippen molar-refractivity contribution in [1.29, 1.82) is 0 Å². The maximum absolute atomic E-state index is 12.2. The van der Waals surface area contributed by atoms with Gasteiger partial charge in [0.05, 0.1) is 10.0 Å². The summed E-state index contributed by atoms with van der Waals surface area (Å²) >= 11 is 15.1. The lowest BCUT2D eigenvalue weighted by molar-refractivity contribution is 0.544. The molecule has 0 fully saturated rings. The zero-order chi connectivity index (χ0) is 13.9.